The molecule has 0 aliphatic heterocycles. The first kappa shape index (κ1) is 21.3. The summed E-state index contributed by atoms with van der Waals surface area (Å²) in [7, 11) is 0. The van der Waals surface area contributed by atoms with Gasteiger partial charge in [-0.1, -0.05) is 6.92 Å². The molecule has 1 amide bonds. The van der Waals surface area contributed by atoms with Crippen molar-refractivity contribution in [2.45, 2.75) is 59.5 Å². The third-order valence-corrected chi connectivity index (χ3v) is 4.24. The molecule has 152 valence electrons. The van der Waals surface area contributed by atoms with Gasteiger partial charge in [0, 0.05) is 17.7 Å². The molecule has 0 fully saturated rings. The number of nitrogens with one attached hydrogen (secondary N) is 1. The number of aromatic nitrogens is 2. The Kier molecular flexibility index (Phi) is 6.06. The SMILES string of the molecule is CC[C@@H](C)NC(=O)c1nn(C(C)(C)C)c(Oc2ccc([N+](=O)[O-])cc2F)c1C. The van der Waals surface area contributed by atoms with E-state index in [0.717, 1.165) is 18.6 Å². The van der Waals surface area contributed by atoms with Crippen LogP contribution in [-0.4, -0.2) is 26.7 Å². The standard InChI is InChI=1S/C19H25FN4O4/c1-7-11(2)21-17(25)16-12(3)18(23(22-16)19(4,5)6)28-15-9-8-13(24(26)27)10-14(15)20/h8-11H,7H2,1-6H3,(H,21,25)/t11-/m1/s1. The highest BCUT2D eigenvalue weighted by Crippen LogP contribution is 2.34. The highest BCUT2D eigenvalue weighted by Gasteiger charge is 2.28. The summed E-state index contributed by atoms with van der Waals surface area (Å²) in [5.74, 6) is -1.20. The third kappa shape index (κ3) is 4.47. The summed E-state index contributed by atoms with van der Waals surface area (Å²) in [5.41, 5.74) is -0.285. The average molecular weight is 392 g/mol. The van der Waals surface area contributed by atoms with E-state index >= 15 is 0 Å². The van der Waals surface area contributed by atoms with E-state index < -0.39 is 16.3 Å². The van der Waals surface area contributed by atoms with E-state index in [4.69, 9.17) is 4.74 Å². The molecule has 9 heteroatoms. The number of ether oxygens (including phenoxy) is 1. The first-order chi connectivity index (χ1) is 13.0. The van der Waals surface area contributed by atoms with Gasteiger partial charge >= 0.3 is 0 Å². The number of carbonyl (C=O) groups excluding carboxylic acids is 1. The smallest absolute Gasteiger partial charge is 0.272 e. The molecule has 1 aromatic carbocycles. The van der Waals surface area contributed by atoms with Gasteiger partial charge in [0.15, 0.2) is 17.3 Å². The Bertz CT molecular complexity index is 902. The molecule has 0 unspecified atom stereocenters. The zero-order chi connectivity index (χ0) is 21.2. The lowest BCUT2D eigenvalue weighted by atomic mass is 10.1. The molecule has 28 heavy (non-hydrogen) atoms. The second-order valence-electron chi connectivity index (χ2n) is 7.62. The Hall–Kier alpha value is -2.97. The molecule has 0 radical (unpaired) electrons. The van der Waals surface area contributed by atoms with Gasteiger partial charge < -0.3 is 10.1 Å². The summed E-state index contributed by atoms with van der Waals surface area (Å²) in [5, 5.41) is 18.0. The van der Waals surface area contributed by atoms with Gasteiger partial charge in [-0.3, -0.25) is 14.9 Å². The number of carbonyl (C=O) groups is 1. The highest BCUT2D eigenvalue weighted by molar-refractivity contribution is 5.94. The molecule has 1 aromatic heterocycles. The van der Waals surface area contributed by atoms with Crippen LogP contribution in [0.15, 0.2) is 18.2 Å². The first-order valence-corrected chi connectivity index (χ1v) is 8.98. The number of nitro benzene ring substituents is 1. The van der Waals surface area contributed by atoms with Crippen molar-refractivity contribution in [2.75, 3.05) is 0 Å². The van der Waals surface area contributed by atoms with Crippen molar-refractivity contribution in [3.63, 3.8) is 0 Å². The number of hydrogen-bond acceptors (Lipinski definition) is 5. The van der Waals surface area contributed by atoms with Crippen LogP contribution < -0.4 is 10.1 Å². The maximum absolute atomic E-state index is 14.3. The molecular formula is C19H25FN4O4. The van der Waals surface area contributed by atoms with Crippen molar-refractivity contribution in [1.29, 1.82) is 0 Å². The molecule has 1 heterocycles. The van der Waals surface area contributed by atoms with E-state index in [2.05, 4.69) is 10.4 Å². The van der Waals surface area contributed by atoms with E-state index in [-0.39, 0.29) is 35.0 Å². The van der Waals surface area contributed by atoms with Crippen LogP contribution in [0.3, 0.4) is 0 Å². The molecule has 0 aliphatic rings. The number of benzene rings is 1. The van der Waals surface area contributed by atoms with Gasteiger partial charge in [-0.05, 0) is 47.1 Å². The summed E-state index contributed by atoms with van der Waals surface area (Å²) in [6.45, 7) is 11.1. The maximum atomic E-state index is 14.3. The number of amides is 1. The Morgan fingerprint density at radius 3 is 2.57 bits per heavy atom. The minimum atomic E-state index is -0.874. The second kappa shape index (κ2) is 7.95. The molecule has 0 aliphatic carbocycles. The summed E-state index contributed by atoms with van der Waals surface area (Å²) >= 11 is 0. The predicted octanol–water partition coefficient (Wildman–Crippen LogP) is 4.31. The molecule has 2 rings (SSSR count). The van der Waals surface area contributed by atoms with Crippen LogP contribution in [0, 0.1) is 22.9 Å². The van der Waals surface area contributed by atoms with Crippen LogP contribution in [0.5, 0.6) is 11.6 Å². The molecule has 1 atom stereocenters. The van der Waals surface area contributed by atoms with Crippen LogP contribution in [0.1, 0.15) is 57.1 Å². The monoisotopic (exact) mass is 392 g/mol. The van der Waals surface area contributed by atoms with Gasteiger partial charge in [0.25, 0.3) is 11.6 Å². The molecule has 0 spiro atoms. The Morgan fingerprint density at radius 1 is 1.43 bits per heavy atom. The lowest BCUT2D eigenvalue weighted by molar-refractivity contribution is -0.385. The molecule has 2 aromatic rings. The predicted molar refractivity (Wildman–Crippen MR) is 102 cm³/mol. The molecule has 0 saturated heterocycles. The fourth-order valence-electron chi connectivity index (χ4n) is 2.46. The van der Waals surface area contributed by atoms with Crippen molar-refractivity contribution in [3.05, 3.63) is 45.4 Å². The Balaban J connectivity index is 2.48. The third-order valence-electron chi connectivity index (χ3n) is 4.24. The number of hydrogen-bond donors (Lipinski definition) is 1. The minimum absolute atomic E-state index is 0.0248. The number of nitrogens with zero attached hydrogens (tertiary/aromatic N) is 3. The minimum Gasteiger partial charge on any atom is -0.436 e. The summed E-state index contributed by atoms with van der Waals surface area (Å²) in [6.07, 6.45) is 0.766. The van der Waals surface area contributed by atoms with E-state index in [1.165, 1.54) is 10.7 Å². The quantitative estimate of drug-likeness (QED) is 0.583. The molecule has 0 bridgehead atoms. The van der Waals surface area contributed by atoms with Crippen molar-refractivity contribution >= 4 is 11.6 Å². The van der Waals surface area contributed by atoms with Crippen molar-refractivity contribution in [1.82, 2.24) is 15.1 Å². The van der Waals surface area contributed by atoms with Gasteiger partial charge in [-0.25, -0.2) is 9.07 Å². The van der Waals surface area contributed by atoms with Crippen molar-refractivity contribution < 1.29 is 18.8 Å². The van der Waals surface area contributed by atoms with E-state index in [1.807, 2.05) is 34.6 Å². The number of nitro groups is 1. The number of halogens is 1. The van der Waals surface area contributed by atoms with Gasteiger partial charge in [0.05, 0.1) is 16.5 Å². The molecule has 1 N–H and O–H groups in total. The fourth-order valence-corrected chi connectivity index (χ4v) is 2.46. The average Bonchev–Trinajstić information content (AvgIpc) is 2.93. The van der Waals surface area contributed by atoms with E-state index in [0.29, 0.717) is 5.56 Å². The number of non-ortho nitro benzene ring substituents is 1. The fraction of sp³-hybridized carbons (Fsp3) is 0.474. The zero-order valence-corrected chi connectivity index (χ0v) is 16.9. The van der Waals surface area contributed by atoms with Crippen LogP contribution in [0.2, 0.25) is 0 Å². The van der Waals surface area contributed by atoms with Crippen molar-refractivity contribution in [2.24, 2.45) is 0 Å². The highest BCUT2D eigenvalue weighted by atomic mass is 19.1. The van der Waals surface area contributed by atoms with Crippen LogP contribution in [0.25, 0.3) is 0 Å². The summed E-state index contributed by atoms with van der Waals surface area (Å²) in [6, 6.07) is 3.11. The number of rotatable bonds is 6. The van der Waals surface area contributed by atoms with Crippen LogP contribution in [0.4, 0.5) is 10.1 Å². The van der Waals surface area contributed by atoms with Crippen LogP contribution >= 0.6 is 0 Å². The normalized spacial score (nSPS) is 12.5. The van der Waals surface area contributed by atoms with Gasteiger partial charge in [0.2, 0.25) is 5.88 Å². The lowest BCUT2D eigenvalue weighted by Gasteiger charge is -2.22. The van der Waals surface area contributed by atoms with Crippen molar-refractivity contribution in [3.8, 4) is 11.6 Å². The summed E-state index contributed by atoms with van der Waals surface area (Å²) < 4.78 is 21.5. The summed E-state index contributed by atoms with van der Waals surface area (Å²) in [4.78, 5) is 22.7. The topological polar surface area (TPSA) is 99.3 Å². The second-order valence-corrected chi connectivity index (χ2v) is 7.62. The largest absolute Gasteiger partial charge is 0.436 e. The zero-order valence-electron chi connectivity index (χ0n) is 16.9. The van der Waals surface area contributed by atoms with Gasteiger partial charge in [-0.2, -0.15) is 5.10 Å². The Labute approximate surface area is 162 Å². The lowest BCUT2D eigenvalue weighted by Crippen LogP contribution is -2.33. The van der Waals surface area contributed by atoms with E-state index in [1.54, 1.807) is 6.92 Å². The first-order valence-electron chi connectivity index (χ1n) is 8.98. The molecule has 0 saturated carbocycles. The van der Waals surface area contributed by atoms with E-state index in [9.17, 15) is 19.3 Å². The van der Waals surface area contributed by atoms with Gasteiger partial charge in [0.1, 0.15) is 0 Å². The molecule has 8 nitrogen and oxygen atoms in total. The Morgan fingerprint density at radius 2 is 2.07 bits per heavy atom. The van der Waals surface area contributed by atoms with Gasteiger partial charge in [-0.15, -0.1) is 0 Å². The molecular weight excluding hydrogens is 367 g/mol. The van der Waals surface area contributed by atoms with Crippen LogP contribution in [-0.2, 0) is 5.54 Å². The maximum Gasteiger partial charge on any atom is 0.272 e.